The van der Waals surface area contributed by atoms with E-state index >= 15 is 0 Å². The van der Waals surface area contributed by atoms with Crippen LogP contribution < -0.4 is 0 Å². The number of rotatable bonds is 3. The van der Waals surface area contributed by atoms with Crippen molar-refractivity contribution in [3.63, 3.8) is 0 Å². The smallest absolute Gasteiger partial charge is 0.133 e. The van der Waals surface area contributed by atoms with Gasteiger partial charge in [0.2, 0.25) is 0 Å². The predicted octanol–water partition coefficient (Wildman–Crippen LogP) is 2.97. The summed E-state index contributed by atoms with van der Waals surface area (Å²) in [6.07, 6.45) is 0. The van der Waals surface area contributed by atoms with Crippen molar-refractivity contribution < 1.29 is 14.0 Å². The van der Waals surface area contributed by atoms with Crippen molar-refractivity contribution in [2.75, 3.05) is 6.61 Å². The van der Waals surface area contributed by atoms with Crippen molar-refractivity contribution in [3.05, 3.63) is 0 Å². The van der Waals surface area contributed by atoms with Gasteiger partial charge in [-0.05, 0) is 11.8 Å². The molecule has 1 unspecified atom stereocenters. The molecule has 1 N–H and O–H groups in total. The first-order chi connectivity index (χ1) is 5.36. The van der Waals surface area contributed by atoms with Gasteiger partial charge < -0.3 is 0 Å². The Hall–Kier alpha value is 0.0200. The summed E-state index contributed by atoms with van der Waals surface area (Å²) >= 11 is 0. The lowest BCUT2D eigenvalue weighted by atomic mass is 10.2. The van der Waals surface area contributed by atoms with Crippen LogP contribution in [0.1, 0.15) is 34.6 Å². The van der Waals surface area contributed by atoms with Crippen molar-refractivity contribution in [3.8, 4) is 0 Å². The highest BCUT2D eigenvalue weighted by atomic mass is 31.1. The molecule has 74 valence electrons. The van der Waals surface area contributed by atoms with Crippen LogP contribution in [0.15, 0.2) is 0 Å². The van der Waals surface area contributed by atoms with E-state index in [0.717, 1.165) is 5.92 Å². The van der Waals surface area contributed by atoms with Crippen LogP contribution in [0.5, 0.6) is 0 Å². The van der Waals surface area contributed by atoms with E-state index in [4.69, 9.17) is 4.89 Å². The van der Waals surface area contributed by atoms with Gasteiger partial charge in [-0.15, -0.1) is 9.42 Å². The molecule has 0 aliphatic carbocycles. The molecule has 3 nitrogen and oxygen atoms in total. The van der Waals surface area contributed by atoms with Gasteiger partial charge in [0.1, 0.15) is 6.61 Å². The Balaban J connectivity index is 0. The van der Waals surface area contributed by atoms with Crippen molar-refractivity contribution in [1.29, 1.82) is 0 Å². The lowest BCUT2D eigenvalue weighted by molar-refractivity contribution is 0.248. The first-order valence-corrected chi connectivity index (χ1v) is 5.28. The highest BCUT2D eigenvalue weighted by molar-refractivity contribution is 7.32. The quantitative estimate of drug-likeness (QED) is 0.704. The Morgan fingerprint density at radius 1 is 1.25 bits per heavy atom. The fraction of sp³-hybridized carbons (Fsp3) is 1.00. The third-order valence-corrected chi connectivity index (χ3v) is 0.888. The second-order valence-corrected chi connectivity index (χ2v) is 4.39. The highest BCUT2D eigenvalue weighted by Gasteiger charge is 2.11. The van der Waals surface area contributed by atoms with Crippen LogP contribution in [0.2, 0.25) is 0 Å². The minimum absolute atomic E-state index is 0.320. The Bertz CT molecular complexity index is 110. The van der Waals surface area contributed by atoms with Gasteiger partial charge >= 0.3 is 8.25 Å². The van der Waals surface area contributed by atoms with E-state index in [1.807, 2.05) is 13.8 Å². The fourth-order valence-electron chi connectivity index (χ4n) is 0.213. The molecular weight excluding hydrogens is 175 g/mol. The third kappa shape index (κ3) is 32.3. The summed E-state index contributed by atoms with van der Waals surface area (Å²) in [7, 11) is -2.38. The molecule has 0 amide bonds. The molecule has 0 aromatic carbocycles. The largest absolute Gasteiger partial charge is 0.694 e. The monoisotopic (exact) mass is 195 g/mol. The van der Waals surface area contributed by atoms with Gasteiger partial charge in [0, 0.05) is 4.57 Å². The Labute approximate surface area is 76.1 Å². The van der Waals surface area contributed by atoms with Crippen molar-refractivity contribution >= 4 is 8.25 Å². The lowest BCUT2D eigenvalue weighted by Crippen LogP contribution is -1.95. The summed E-state index contributed by atoms with van der Waals surface area (Å²) in [4.78, 5) is 8.09. The van der Waals surface area contributed by atoms with Crippen LogP contribution in [0.3, 0.4) is 0 Å². The average molecular weight is 195 g/mol. The third-order valence-electron chi connectivity index (χ3n) is 0.518. The van der Waals surface area contributed by atoms with Gasteiger partial charge in [-0.25, -0.2) is 0 Å². The first-order valence-electron chi connectivity index (χ1n) is 4.15. The van der Waals surface area contributed by atoms with Crippen LogP contribution >= 0.6 is 8.25 Å². The standard InChI is InChI=1S/C4H9O3P.C4H10/c1-4(2)3-7-8(5)6;1-4(2)3/h4H,3H2,1-2H3;4H,1-3H3/p+1. The maximum Gasteiger partial charge on any atom is 0.694 e. The predicted molar refractivity (Wildman–Crippen MR) is 51.1 cm³/mol. The molecule has 0 saturated carbocycles. The van der Waals surface area contributed by atoms with Gasteiger partial charge in [-0.3, -0.25) is 0 Å². The molecule has 0 radical (unpaired) electrons. The highest BCUT2D eigenvalue weighted by Crippen LogP contribution is 2.15. The van der Waals surface area contributed by atoms with E-state index in [2.05, 4.69) is 25.3 Å². The topological polar surface area (TPSA) is 46.5 Å². The summed E-state index contributed by atoms with van der Waals surface area (Å²) in [6, 6.07) is 0. The molecule has 0 saturated heterocycles. The van der Waals surface area contributed by atoms with E-state index in [0.29, 0.717) is 12.5 Å². The van der Waals surface area contributed by atoms with Gasteiger partial charge in [0.15, 0.2) is 0 Å². The zero-order valence-electron chi connectivity index (χ0n) is 8.57. The van der Waals surface area contributed by atoms with E-state index in [1.54, 1.807) is 0 Å². The maximum absolute atomic E-state index is 9.83. The van der Waals surface area contributed by atoms with E-state index < -0.39 is 8.25 Å². The van der Waals surface area contributed by atoms with Gasteiger partial charge in [-0.2, -0.15) is 0 Å². The van der Waals surface area contributed by atoms with E-state index in [1.165, 1.54) is 0 Å². The van der Waals surface area contributed by atoms with Gasteiger partial charge in [0.05, 0.1) is 0 Å². The normalized spacial score (nSPS) is 11.2. The molecule has 1 atom stereocenters. The number of hydrogen-bond donors (Lipinski definition) is 1. The Morgan fingerprint density at radius 2 is 1.58 bits per heavy atom. The first kappa shape index (κ1) is 14.5. The molecule has 4 heteroatoms. The number of hydrogen-bond acceptors (Lipinski definition) is 2. The summed E-state index contributed by atoms with van der Waals surface area (Å²) in [5.74, 6) is 1.15. The minimum atomic E-state index is -2.38. The van der Waals surface area contributed by atoms with E-state index in [-0.39, 0.29) is 0 Å². The second-order valence-electron chi connectivity index (χ2n) is 3.66. The molecule has 0 aliphatic rings. The second kappa shape index (κ2) is 9.11. The Kier molecular flexibility index (Phi) is 11.0. The summed E-state index contributed by atoms with van der Waals surface area (Å²) in [5, 5.41) is 0. The van der Waals surface area contributed by atoms with Crippen LogP contribution in [0.25, 0.3) is 0 Å². The Morgan fingerprint density at radius 3 is 1.67 bits per heavy atom. The molecule has 0 spiro atoms. The molecule has 0 aromatic rings. The van der Waals surface area contributed by atoms with Gasteiger partial charge in [-0.1, -0.05) is 34.6 Å². The molecule has 0 aliphatic heterocycles. The van der Waals surface area contributed by atoms with E-state index in [9.17, 15) is 4.57 Å². The van der Waals surface area contributed by atoms with Crippen LogP contribution in [0.4, 0.5) is 0 Å². The molecule has 0 bridgehead atoms. The summed E-state index contributed by atoms with van der Waals surface area (Å²) in [6.45, 7) is 10.7. The summed E-state index contributed by atoms with van der Waals surface area (Å²) < 4.78 is 14.2. The minimum Gasteiger partial charge on any atom is -0.133 e. The molecule has 12 heavy (non-hydrogen) atoms. The fourth-order valence-corrected chi connectivity index (χ4v) is 0.639. The average Bonchev–Trinajstić information content (AvgIpc) is 1.82. The molecule has 0 aromatic heterocycles. The molecule has 0 rings (SSSR count). The van der Waals surface area contributed by atoms with Crippen molar-refractivity contribution in [2.24, 2.45) is 11.8 Å². The lowest BCUT2D eigenvalue weighted by Gasteiger charge is -1.92. The van der Waals surface area contributed by atoms with Crippen LogP contribution in [-0.4, -0.2) is 11.5 Å². The van der Waals surface area contributed by atoms with Crippen molar-refractivity contribution in [2.45, 2.75) is 34.6 Å². The zero-order chi connectivity index (χ0) is 10.1. The molecule has 0 fully saturated rings. The maximum atomic E-state index is 9.83. The zero-order valence-corrected chi connectivity index (χ0v) is 9.47. The van der Waals surface area contributed by atoms with Gasteiger partial charge in [0.25, 0.3) is 0 Å². The van der Waals surface area contributed by atoms with Crippen LogP contribution in [0, 0.1) is 11.8 Å². The SMILES string of the molecule is CC(C)C.CC(C)CO[P+](=O)O. The van der Waals surface area contributed by atoms with Crippen molar-refractivity contribution in [1.82, 2.24) is 0 Å². The van der Waals surface area contributed by atoms with Crippen LogP contribution in [-0.2, 0) is 9.09 Å². The molecule has 0 heterocycles. The molecular formula is C8H20O3P+. The summed E-state index contributed by atoms with van der Waals surface area (Å²) in [5.41, 5.74) is 0.